The van der Waals surface area contributed by atoms with E-state index in [1.807, 2.05) is 0 Å². The Morgan fingerprint density at radius 1 is 1.19 bits per heavy atom. The fourth-order valence-corrected chi connectivity index (χ4v) is 2.71. The number of anilines is 1. The fourth-order valence-electron chi connectivity index (χ4n) is 2.54. The van der Waals surface area contributed by atoms with Gasteiger partial charge in [0, 0.05) is 36.9 Å². The second-order valence-electron chi connectivity index (χ2n) is 5.61. The minimum atomic E-state index is -4.58. The third-order valence-corrected chi connectivity index (χ3v) is 4.11. The van der Waals surface area contributed by atoms with Crippen molar-refractivity contribution in [1.82, 2.24) is 9.80 Å². The highest BCUT2D eigenvalue weighted by Gasteiger charge is 2.34. The molecule has 1 saturated heterocycles. The SMILES string of the molecule is CCOC(=O)N1CCN(C(=O)CNc2ccc(Cl)cc2C(F)(F)F)CC1. The monoisotopic (exact) mass is 393 g/mol. The average molecular weight is 394 g/mol. The highest BCUT2D eigenvalue weighted by atomic mass is 35.5. The standard InChI is InChI=1S/C16H19ClF3N3O3/c1-2-26-15(25)23-7-5-22(6-8-23)14(24)10-21-13-4-3-11(17)9-12(13)16(18,19)20/h3-4,9,21H,2,5-8,10H2,1H3. The molecule has 2 rings (SSSR count). The van der Waals surface area contributed by atoms with E-state index in [9.17, 15) is 22.8 Å². The fraction of sp³-hybridized carbons (Fsp3) is 0.500. The Labute approximate surface area is 153 Å². The zero-order chi connectivity index (χ0) is 19.3. The molecular formula is C16H19ClF3N3O3. The Hall–Kier alpha value is -2.16. The highest BCUT2D eigenvalue weighted by Crippen LogP contribution is 2.36. The van der Waals surface area contributed by atoms with Crippen molar-refractivity contribution in [1.29, 1.82) is 0 Å². The van der Waals surface area contributed by atoms with Crippen LogP contribution in [0, 0.1) is 0 Å². The predicted octanol–water partition coefficient (Wildman–Crippen LogP) is 3.07. The van der Waals surface area contributed by atoms with Crippen LogP contribution in [0.1, 0.15) is 12.5 Å². The van der Waals surface area contributed by atoms with Crippen molar-refractivity contribution in [2.75, 3.05) is 44.6 Å². The van der Waals surface area contributed by atoms with E-state index >= 15 is 0 Å². The molecular weight excluding hydrogens is 375 g/mol. The van der Waals surface area contributed by atoms with Crippen LogP contribution in [0.4, 0.5) is 23.7 Å². The maximum atomic E-state index is 13.0. The molecule has 1 aliphatic rings. The Bertz CT molecular complexity index is 662. The van der Waals surface area contributed by atoms with Gasteiger partial charge < -0.3 is 19.9 Å². The summed E-state index contributed by atoms with van der Waals surface area (Å²) in [7, 11) is 0. The maximum Gasteiger partial charge on any atom is 0.418 e. The van der Waals surface area contributed by atoms with Crippen molar-refractivity contribution in [2.24, 2.45) is 0 Å². The smallest absolute Gasteiger partial charge is 0.418 e. The zero-order valence-corrected chi connectivity index (χ0v) is 14.9. The van der Waals surface area contributed by atoms with Gasteiger partial charge in [-0.15, -0.1) is 0 Å². The van der Waals surface area contributed by atoms with Crippen LogP contribution in [0.3, 0.4) is 0 Å². The van der Waals surface area contributed by atoms with Crippen LogP contribution in [0.15, 0.2) is 18.2 Å². The molecule has 1 aromatic rings. The topological polar surface area (TPSA) is 61.9 Å². The van der Waals surface area contributed by atoms with Crippen molar-refractivity contribution in [3.8, 4) is 0 Å². The van der Waals surface area contributed by atoms with Gasteiger partial charge >= 0.3 is 12.3 Å². The molecule has 26 heavy (non-hydrogen) atoms. The molecule has 144 valence electrons. The van der Waals surface area contributed by atoms with Crippen molar-refractivity contribution in [3.63, 3.8) is 0 Å². The van der Waals surface area contributed by atoms with Crippen LogP contribution in [0.2, 0.25) is 5.02 Å². The number of carbonyl (C=O) groups is 2. The minimum absolute atomic E-state index is 0.0377. The number of ether oxygens (including phenoxy) is 1. The first-order valence-corrected chi connectivity index (χ1v) is 8.40. The number of alkyl halides is 3. The van der Waals surface area contributed by atoms with E-state index in [1.165, 1.54) is 21.9 Å². The summed E-state index contributed by atoms with van der Waals surface area (Å²) in [6.45, 7) is 2.92. The van der Waals surface area contributed by atoms with Crippen LogP contribution < -0.4 is 5.32 Å². The van der Waals surface area contributed by atoms with Crippen LogP contribution >= 0.6 is 11.6 Å². The molecule has 0 spiro atoms. The lowest BCUT2D eigenvalue weighted by molar-refractivity contribution is -0.137. The van der Waals surface area contributed by atoms with Gasteiger partial charge in [-0.1, -0.05) is 11.6 Å². The van der Waals surface area contributed by atoms with Gasteiger partial charge in [-0.2, -0.15) is 13.2 Å². The number of rotatable bonds is 4. The van der Waals surface area contributed by atoms with Gasteiger partial charge in [-0.25, -0.2) is 4.79 Å². The number of carbonyl (C=O) groups excluding carboxylic acids is 2. The summed E-state index contributed by atoms with van der Waals surface area (Å²) in [6.07, 6.45) is -5.02. The van der Waals surface area contributed by atoms with Crippen LogP contribution in [0.25, 0.3) is 0 Å². The van der Waals surface area contributed by atoms with E-state index in [2.05, 4.69) is 5.32 Å². The normalized spacial score (nSPS) is 15.0. The molecule has 0 aliphatic carbocycles. The van der Waals surface area contributed by atoms with E-state index in [1.54, 1.807) is 6.92 Å². The van der Waals surface area contributed by atoms with Crippen molar-refractivity contribution in [3.05, 3.63) is 28.8 Å². The highest BCUT2D eigenvalue weighted by molar-refractivity contribution is 6.30. The van der Waals surface area contributed by atoms with Crippen molar-refractivity contribution >= 4 is 29.3 Å². The number of amides is 2. The summed E-state index contributed by atoms with van der Waals surface area (Å²) in [5.74, 6) is -0.350. The van der Waals surface area contributed by atoms with E-state index in [4.69, 9.17) is 16.3 Å². The molecule has 1 heterocycles. The molecule has 1 aromatic carbocycles. The van der Waals surface area contributed by atoms with Gasteiger partial charge in [-0.05, 0) is 25.1 Å². The lowest BCUT2D eigenvalue weighted by atomic mass is 10.1. The lowest BCUT2D eigenvalue weighted by Crippen LogP contribution is -2.51. The number of halogens is 4. The Kier molecular flexibility index (Phi) is 6.57. The Morgan fingerprint density at radius 2 is 1.81 bits per heavy atom. The largest absolute Gasteiger partial charge is 0.450 e. The number of hydrogen-bond acceptors (Lipinski definition) is 4. The number of benzene rings is 1. The van der Waals surface area contributed by atoms with Gasteiger partial charge in [0.2, 0.25) is 5.91 Å². The molecule has 0 atom stereocenters. The third-order valence-electron chi connectivity index (χ3n) is 3.88. The minimum Gasteiger partial charge on any atom is -0.450 e. The molecule has 0 unspecified atom stereocenters. The van der Waals surface area contributed by atoms with Crippen LogP contribution in [-0.2, 0) is 15.7 Å². The number of nitrogens with one attached hydrogen (secondary N) is 1. The molecule has 6 nitrogen and oxygen atoms in total. The van der Waals surface area contributed by atoms with Gasteiger partial charge in [0.1, 0.15) is 0 Å². The molecule has 0 bridgehead atoms. The van der Waals surface area contributed by atoms with E-state index in [0.29, 0.717) is 26.2 Å². The first-order valence-electron chi connectivity index (χ1n) is 8.02. The van der Waals surface area contributed by atoms with E-state index in [0.717, 1.165) is 6.07 Å². The Balaban J connectivity index is 1.91. The first kappa shape index (κ1) is 20.2. The number of piperazine rings is 1. The van der Waals surface area contributed by atoms with Gasteiger partial charge in [0.05, 0.1) is 18.7 Å². The van der Waals surface area contributed by atoms with E-state index in [-0.39, 0.29) is 29.8 Å². The molecule has 1 N–H and O–H groups in total. The van der Waals surface area contributed by atoms with E-state index < -0.39 is 17.8 Å². The first-order chi connectivity index (χ1) is 12.2. The van der Waals surface area contributed by atoms with Gasteiger partial charge in [0.15, 0.2) is 0 Å². The zero-order valence-electron chi connectivity index (χ0n) is 14.1. The molecule has 2 amide bonds. The van der Waals surface area contributed by atoms with Gasteiger partial charge in [0.25, 0.3) is 0 Å². The number of nitrogens with zero attached hydrogens (tertiary/aromatic N) is 2. The Morgan fingerprint density at radius 3 is 2.38 bits per heavy atom. The summed E-state index contributed by atoms with van der Waals surface area (Å²) in [6, 6.07) is 3.32. The molecule has 0 aromatic heterocycles. The molecule has 1 aliphatic heterocycles. The quantitative estimate of drug-likeness (QED) is 0.854. The second kappa shape index (κ2) is 8.48. The van der Waals surface area contributed by atoms with Crippen molar-refractivity contribution in [2.45, 2.75) is 13.1 Å². The summed E-state index contributed by atoms with van der Waals surface area (Å²) >= 11 is 5.62. The summed E-state index contributed by atoms with van der Waals surface area (Å²) in [5.41, 5.74) is -1.13. The van der Waals surface area contributed by atoms with Crippen LogP contribution in [0.5, 0.6) is 0 Å². The van der Waals surface area contributed by atoms with Gasteiger partial charge in [-0.3, -0.25) is 4.79 Å². The lowest BCUT2D eigenvalue weighted by Gasteiger charge is -2.34. The summed E-state index contributed by atoms with van der Waals surface area (Å²) < 4.78 is 44.0. The van der Waals surface area contributed by atoms with Crippen molar-refractivity contribution < 1.29 is 27.5 Å². The molecule has 0 radical (unpaired) electrons. The predicted molar refractivity (Wildman–Crippen MR) is 90.1 cm³/mol. The number of hydrogen-bond donors (Lipinski definition) is 1. The molecule has 10 heteroatoms. The molecule has 0 saturated carbocycles. The van der Waals surface area contributed by atoms with Crippen LogP contribution in [-0.4, -0.2) is 61.1 Å². The molecule has 1 fully saturated rings. The summed E-state index contributed by atoms with van der Waals surface area (Å²) in [5, 5.41) is 2.49. The summed E-state index contributed by atoms with van der Waals surface area (Å²) in [4.78, 5) is 26.8. The maximum absolute atomic E-state index is 13.0. The average Bonchev–Trinajstić information content (AvgIpc) is 2.60. The third kappa shape index (κ3) is 5.17. The second-order valence-corrected chi connectivity index (χ2v) is 6.04.